The maximum Gasteiger partial charge on any atom is 0.254 e. The summed E-state index contributed by atoms with van der Waals surface area (Å²) in [5, 5.41) is 6.11. The highest BCUT2D eigenvalue weighted by Gasteiger charge is 2.23. The molecule has 0 bridgehead atoms. The van der Waals surface area contributed by atoms with Crippen LogP contribution in [0.25, 0.3) is 10.6 Å². The van der Waals surface area contributed by atoms with Crippen LogP contribution in [0.2, 0.25) is 0 Å². The minimum atomic E-state index is -0.166. The van der Waals surface area contributed by atoms with Crippen molar-refractivity contribution in [2.75, 3.05) is 6.79 Å². The van der Waals surface area contributed by atoms with Gasteiger partial charge >= 0.3 is 0 Å². The highest BCUT2D eigenvalue weighted by molar-refractivity contribution is 7.13. The first-order valence-corrected chi connectivity index (χ1v) is 9.85. The number of ether oxygens (including phenoxy) is 2. The van der Waals surface area contributed by atoms with Gasteiger partial charge in [-0.3, -0.25) is 4.79 Å². The minimum absolute atomic E-state index is 0.160. The highest BCUT2D eigenvalue weighted by Crippen LogP contribution is 2.33. The Morgan fingerprint density at radius 2 is 2.00 bits per heavy atom. The van der Waals surface area contributed by atoms with Crippen LogP contribution in [-0.4, -0.2) is 22.8 Å². The molecule has 0 N–H and O–H groups in total. The smallest absolute Gasteiger partial charge is 0.254 e. The van der Waals surface area contributed by atoms with Crippen molar-refractivity contribution in [3.8, 4) is 22.1 Å². The zero-order valence-corrected chi connectivity index (χ0v) is 16.1. The summed E-state index contributed by atoms with van der Waals surface area (Å²) in [6.45, 7) is 0.748. The van der Waals surface area contributed by atoms with E-state index in [1.165, 1.54) is 0 Å². The van der Waals surface area contributed by atoms with E-state index in [0.717, 1.165) is 4.88 Å². The van der Waals surface area contributed by atoms with Crippen LogP contribution < -0.4 is 9.47 Å². The number of rotatable bonds is 6. The summed E-state index contributed by atoms with van der Waals surface area (Å²) in [4.78, 5) is 15.9. The Bertz CT molecular complexity index is 1120. The van der Waals surface area contributed by atoms with Crippen molar-refractivity contribution in [2.24, 2.45) is 0 Å². The third kappa shape index (κ3) is 3.62. The number of furan rings is 1. The molecule has 1 aliphatic heterocycles. The van der Waals surface area contributed by atoms with Crippen LogP contribution in [0, 0.1) is 0 Å². The molecule has 4 heterocycles. The lowest BCUT2D eigenvalue weighted by Gasteiger charge is -2.20. The van der Waals surface area contributed by atoms with E-state index in [0.29, 0.717) is 40.8 Å². The maximum absolute atomic E-state index is 13.2. The number of fused-ring (bicyclic) bond motifs is 1. The van der Waals surface area contributed by atoms with Crippen molar-refractivity contribution < 1.29 is 23.2 Å². The maximum atomic E-state index is 13.2. The van der Waals surface area contributed by atoms with Crippen molar-refractivity contribution in [3.63, 3.8) is 0 Å². The van der Waals surface area contributed by atoms with Crippen molar-refractivity contribution in [3.05, 3.63) is 77.2 Å². The number of thiophene rings is 1. The predicted molar refractivity (Wildman–Crippen MR) is 105 cm³/mol. The molecular weight excluding hydrogens is 392 g/mol. The quantitative estimate of drug-likeness (QED) is 0.465. The molecule has 0 radical (unpaired) electrons. The second kappa shape index (κ2) is 7.48. The standard InChI is InChI=1S/C21H16N2O5S/c24-21(14-5-6-17-18(9-14)27-13-26-17)23(12-16-3-1-7-25-16)11-15-10-19(28-22-15)20-4-2-8-29-20/h1-10H,11-13H2. The van der Waals surface area contributed by atoms with Crippen molar-refractivity contribution in [1.29, 1.82) is 0 Å². The van der Waals surface area contributed by atoms with Gasteiger partial charge in [-0.25, -0.2) is 0 Å². The molecule has 4 aromatic rings. The number of amides is 1. The Kier molecular flexibility index (Phi) is 4.53. The summed E-state index contributed by atoms with van der Waals surface area (Å²) < 4.78 is 21.6. The zero-order valence-electron chi connectivity index (χ0n) is 15.2. The van der Waals surface area contributed by atoms with Crippen LogP contribution in [-0.2, 0) is 13.1 Å². The van der Waals surface area contributed by atoms with Crippen molar-refractivity contribution in [1.82, 2.24) is 10.1 Å². The normalized spacial score (nSPS) is 12.3. The third-order valence-electron chi connectivity index (χ3n) is 4.51. The fourth-order valence-electron chi connectivity index (χ4n) is 3.12. The largest absolute Gasteiger partial charge is 0.467 e. The monoisotopic (exact) mass is 408 g/mol. The lowest BCUT2D eigenvalue weighted by molar-refractivity contribution is 0.0713. The molecule has 1 aromatic carbocycles. The van der Waals surface area contributed by atoms with Gasteiger partial charge in [0, 0.05) is 11.6 Å². The first-order valence-electron chi connectivity index (χ1n) is 8.97. The molecule has 0 spiro atoms. The Labute approximate surface area is 170 Å². The van der Waals surface area contributed by atoms with Crippen molar-refractivity contribution in [2.45, 2.75) is 13.1 Å². The Balaban J connectivity index is 1.41. The molecule has 7 nitrogen and oxygen atoms in total. The molecule has 5 rings (SSSR count). The van der Waals surface area contributed by atoms with E-state index >= 15 is 0 Å². The van der Waals surface area contributed by atoms with Gasteiger partial charge in [0.1, 0.15) is 11.5 Å². The number of aromatic nitrogens is 1. The zero-order chi connectivity index (χ0) is 19.6. The molecule has 8 heteroatoms. The molecular formula is C21H16N2O5S. The third-order valence-corrected chi connectivity index (χ3v) is 5.39. The van der Waals surface area contributed by atoms with Gasteiger partial charge in [0.25, 0.3) is 5.91 Å². The molecule has 1 aliphatic rings. The average Bonchev–Trinajstić information content (AvgIpc) is 3.54. The van der Waals surface area contributed by atoms with Crippen molar-refractivity contribution >= 4 is 17.2 Å². The number of hydrogen-bond acceptors (Lipinski definition) is 7. The first-order chi connectivity index (χ1) is 14.3. The fraction of sp³-hybridized carbons (Fsp3) is 0.143. The summed E-state index contributed by atoms with van der Waals surface area (Å²) in [6, 6.07) is 14.6. The molecule has 29 heavy (non-hydrogen) atoms. The minimum Gasteiger partial charge on any atom is -0.467 e. The Morgan fingerprint density at radius 1 is 1.07 bits per heavy atom. The average molecular weight is 408 g/mol. The first kappa shape index (κ1) is 17.6. The van der Waals surface area contributed by atoms with Crippen LogP contribution in [0.3, 0.4) is 0 Å². The fourth-order valence-corrected chi connectivity index (χ4v) is 3.79. The summed E-state index contributed by atoms with van der Waals surface area (Å²) in [7, 11) is 0. The number of carbonyl (C=O) groups is 1. The van der Waals surface area contributed by atoms with Gasteiger partial charge < -0.3 is 23.3 Å². The van der Waals surface area contributed by atoms with E-state index in [4.69, 9.17) is 18.4 Å². The molecule has 0 saturated carbocycles. The van der Waals surface area contributed by atoms with E-state index in [-0.39, 0.29) is 19.2 Å². The van der Waals surface area contributed by atoms with Crippen LogP contribution in [0.15, 0.2) is 69.1 Å². The molecule has 0 saturated heterocycles. The summed E-state index contributed by atoms with van der Waals surface area (Å²) in [6.07, 6.45) is 1.59. The molecule has 0 aliphatic carbocycles. The molecule has 0 unspecified atom stereocenters. The summed E-state index contributed by atoms with van der Waals surface area (Å²) in [5.41, 5.74) is 1.16. The second-order valence-electron chi connectivity index (χ2n) is 6.47. The van der Waals surface area contributed by atoms with Crippen LogP contribution >= 0.6 is 11.3 Å². The lowest BCUT2D eigenvalue weighted by Crippen LogP contribution is -2.30. The van der Waals surface area contributed by atoms with Gasteiger partial charge in [-0.15, -0.1) is 11.3 Å². The summed E-state index contributed by atoms with van der Waals surface area (Å²) >= 11 is 1.57. The van der Waals surface area contributed by atoms with Gasteiger partial charge in [0.05, 0.1) is 24.2 Å². The van der Waals surface area contributed by atoms with Crippen LogP contribution in [0.1, 0.15) is 21.8 Å². The second-order valence-corrected chi connectivity index (χ2v) is 7.42. The van der Waals surface area contributed by atoms with E-state index < -0.39 is 0 Å². The summed E-state index contributed by atoms with van der Waals surface area (Å²) in [5.74, 6) is 2.40. The van der Waals surface area contributed by atoms with Gasteiger partial charge in [0.15, 0.2) is 17.3 Å². The molecule has 1 amide bonds. The van der Waals surface area contributed by atoms with Gasteiger partial charge in [-0.1, -0.05) is 11.2 Å². The van der Waals surface area contributed by atoms with Crippen LogP contribution in [0.4, 0.5) is 0 Å². The van der Waals surface area contributed by atoms with E-state index in [2.05, 4.69) is 5.16 Å². The SMILES string of the molecule is O=C(c1ccc2c(c1)OCO2)N(Cc1cc(-c2cccs2)on1)Cc1ccco1. The number of benzene rings is 1. The molecule has 0 atom stereocenters. The van der Waals surface area contributed by atoms with E-state index in [1.54, 1.807) is 46.8 Å². The van der Waals surface area contributed by atoms with Crippen LogP contribution in [0.5, 0.6) is 11.5 Å². The van der Waals surface area contributed by atoms with E-state index in [9.17, 15) is 4.79 Å². The number of hydrogen-bond donors (Lipinski definition) is 0. The molecule has 0 fully saturated rings. The molecule has 3 aromatic heterocycles. The number of carbonyl (C=O) groups excluding carboxylic acids is 1. The molecule has 146 valence electrons. The topological polar surface area (TPSA) is 77.9 Å². The Morgan fingerprint density at radius 3 is 2.83 bits per heavy atom. The highest BCUT2D eigenvalue weighted by atomic mass is 32.1. The van der Waals surface area contributed by atoms with Gasteiger partial charge in [-0.05, 0) is 41.8 Å². The van der Waals surface area contributed by atoms with Gasteiger partial charge in [0.2, 0.25) is 6.79 Å². The lowest BCUT2D eigenvalue weighted by atomic mass is 10.1. The predicted octanol–water partition coefficient (Wildman–Crippen LogP) is 4.57. The van der Waals surface area contributed by atoms with E-state index in [1.807, 2.05) is 29.6 Å². The Hall–Kier alpha value is -3.52. The van der Waals surface area contributed by atoms with Gasteiger partial charge in [-0.2, -0.15) is 0 Å². The number of nitrogens with zero attached hydrogens (tertiary/aromatic N) is 2.